The number of phenols is 1. The largest absolute Gasteiger partial charge is 1.00 e. The number of benzene rings is 4. The minimum Gasteiger partial charge on any atom is -0.744 e. The third-order valence-electron chi connectivity index (χ3n) is 7.37. The van der Waals surface area contributed by atoms with Crippen molar-refractivity contribution in [2.75, 3.05) is 44.7 Å². The van der Waals surface area contributed by atoms with E-state index in [1.807, 2.05) is 0 Å². The molecule has 0 unspecified atom stereocenters. The molecule has 0 saturated heterocycles. The average Bonchev–Trinajstić information content (AvgIpc) is 3.17. The smallest absolute Gasteiger partial charge is 0.744 e. The summed E-state index contributed by atoms with van der Waals surface area (Å²) >= 11 is 0.300. The summed E-state index contributed by atoms with van der Waals surface area (Å²) in [6.45, 7) is -1.42. The van der Waals surface area contributed by atoms with Crippen molar-refractivity contribution in [3.8, 4) is 17.2 Å². The number of methoxy groups -OCH3 is 2. The zero-order valence-electron chi connectivity index (χ0n) is 33.9. The van der Waals surface area contributed by atoms with Crippen molar-refractivity contribution in [3.63, 3.8) is 0 Å². The Bertz CT molecular complexity index is 2740. The van der Waals surface area contributed by atoms with Crippen LogP contribution in [-0.4, -0.2) is 86.8 Å². The molecule has 0 atom stereocenters. The van der Waals surface area contributed by atoms with E-state index in [-0.39, 0.29) is 187 Å². The van der Waals surface area contributed by atoms with E-state index in [1.165, 1.54) is 12.1 Å². The summed E-state index contributed by atoms with van der Waals surface area (Å²) in [6.07, 6.45) is 0. The molecule has 4 aromatic rings. The minimum absolute atomic E-state index is 0. The maximum absolute atomic E-state index is 13.0. The van der Waals surface area contributed by atoms with Crippen molar-refractivity contribution in [1.29, 1.82) is 0 Å². The molecule has 0 aromatic heterocycles. The number of rotatable bonds is 22. The van der Waals surface area contributed by atoms with E-state index < -0.39 is 96.7 Å². The van der Waals surface area contributed by atoms with Crippen molar-refractivity contribution in [3.05, 3.63) is 48.5 Å². The molecule has 0 bridgehead atoms. The summed E-state index contributed by atoms with van der Waals surface area (Å²) in [5.41, 5.74) is 3.98. The van der Waals surface area contributed by atoms with Gasteiger partial charge in [-0.25, -0.2) is 33.7 Å². The molecule has 0 aliphatic heterocycles. The summed E-state index contributed by atoms with van der Waals surface area (Å²) in [4.78, 5) is -2.07. The van der Waals surface area contributed by atoms with Crippen molar-refractivity contribution in [1.82, 2.24) is 0 Å². The van der Waals surface area contributed by atoms with Gasteiger partial charge in [0.05, 0.1) is 82.4 Å². The first-order valence-electron chi connectivity index (χ1n) is 15.4. The van der Waals surface area contributed by atoms with Gasteiger partial charge in [-0.3, -0.25) is 18.4 Å². The maximum Gasteiger partial charge on any atom is 1.00 e. The van der Waals surface area contributed by atoms with Gasteiger partial charge in [0.25, 0.3) is 0 Å². The van der Waals surface area contributed by atoms with E-state index in [2.05, 4.69) is 43.4 Å². The first kappa shape index (κ1) is 63.6. The molecule has 0 aliphatic carbocycles. The van der Waals surface area contributed by atoms with Gasteiger partial charge in [-0.2, -0.15) is 9.45 Å². The number of nitrogen functional groups attached to an aromatic ring is 1. The number of azo groups is 2. The number of fused-ring (bicyclic) bond motifs is 1. The fraction of sp³-hybridized carbons (Fsp3) is 0.214. The first-order valence-corrected chi connectivity index (χ1v) is 22.8. The molecule has 26 nitrogen and oxygen atoms in total. The van der Waals surface area contributed by atoms with Crippen LogP contribution in [0.1, 0.15) is 0 Å². The topological polar surface area (TPSA) is 398 Å². The van der Waals surface area contributed by atoms with Gasteiger partial charge in [-0.05, 0) is 41.8 Å². The van der Waals surface area contributed by atoms with Crippen molar-refractivity contribution in [2.24, 2.45) is 20.5 Å². The van der Waals surface area contributed by atoms with Crippen LogP contribution in [0.15, 0.2) is 88.6 Å². The first-order chi connectivity index (χ1) is 28.2. The standard InChI is InChI=1S/C28H29N5O21S6.4Na/c1-47-19-14-22(58(39,40)10-8-50-60(44,45)46)20(48-2)13-18(19)31-33-27-23(59(41,42)43)12-15-11-21(55-53-51-35)26(28(34)24(15)25(27)29)32-30-16-3-5-17(6-4-16)57(37,38)9-7-49-56-54-52-36;;;;/h3-6,11-14,34-36H,7-10,29H2,1-2H3,(H,41,42,43)(H,44,45,46);;;;/q;4*+1/p-4. The third kappa shape index (κ3) is 17.6. The Labute approximate surface area is 461 Å². The molecule has 328 valence electrons. The average molecular weight is 1050 g/mol. The van der Waals surface area contributed by atoms with E-state index in [0.717, 1.165) is 50.6 Å². The van der Waals surface area contributed by atoms with Crippen LogP contribution in [0.5, 0.6) is 17.2 Å². The van der Waals surface area contributed by atoms with Crippen LogP contribution in [0.3, 0.4) is 0 Å². The number of nitrogens with zero attached hydrogens (tertiary/aromatic N) is 4. The Morgan fingerprint density at radius 2 is 1.30 bits per heavy atom. The SMILES string of the molecule is COc1cc(S(=O)(=O)CCOS(=O)(=O)[O-])c(OC)cc1N=Nc1c(S(=O)(=O)[O-])cc2cc(SOO[O-])c(N=Nc3ccc(S(=O)(=O)CCOSOO[O-])cc3)c(O)c2c1N.[Na+].[Na+].[Na+].[Na+]. The molecule has 0 aliphatic rings. The molecule has 4 aromatic carbocycles. The van der Waals surface area contributed by atoms with E-state index in [4.69, 9.17) is 19.4 Å². The second kappa shape index (κ2) is 28.3. The molecule has 4 rings (SSSR count). The number of hydrogen-bond donors (Lipinski definition) is 2. The molecule has 36 heteroatoms. The van der Waals surface area contributed by atoms with Crippen LogP contribution >= 0.6 is 24.4 Å². The number of ether oxygens (including phenoxy) is 2. The molecule has 0 saturated carbocycles. The summed E-state index contributed by atoms with van der Waals surface area (Å²) in [5.74, 6) is -3.12. The van der Waals surface area contributed by atoms with Crippen molar-refractivity contribution in [2.45, 2.75) is 19.6 Å². The number of aromatic hydroxyl groups is 1. The fourth-order valence-electron chi connectivity index (χ4n) is 4.80. The molecule has 64 heavy (non-hydrogen) atoms. The second-order valence-electron chi connectivity index (χ2n) is 10.9. The van der Waals surface area contributed by atoms with E-state index in [0.29, 0.717) is 0 Å². The normalized spacial score (nSPS) is 12.0. The van der Waals surface area contributed by atoms with Crippen LogP contribution < -0.4 is 144 Å². The second-order valence-corrected chi connectivity index (χ2v) is 18.8. The molecule has 3 N–H and O–H groups in total. The number of hydrogen-bond acceptors (Lipinski definition) is 28. The van der Waals surface area contributed by atoms with Crippen LogP contribution in [0.2, 0.25) is 0 Å². The molecule has 0 radical (unpaired) electrons. The quantitative estimate of drug-likeness (QED) is 0.00849. The summed E-state index contributed by atoms with van der Waals surface area (Å²) in [7, 11) is -16.9. The molecular weight excluding hydrogens is 1030 g/mol. The van der Waals surface area contributed by atoms with Gasteiger partial charge in [0.15, 0.2) is 37.7 Å². The number of nitrogens with two attached hydrogens (primary N) is 1. The van der Waals surface area contributed by atoms with Crippen molar-refractivity contribution < 1.29 is 213 Å². The van der Waals surface area contributed by atoms with Gasteiger partial charge < -0.3 is 39.9 Å². The van der Waals surface area contributed by atoms with Crippen molar-refractivity contribution >= 4 is 104 Å². The van der Waals surface area contributed by atoms with Gasteiger partial charge in [-0.1, -0.05) is 0 Å². The van der Waals surface area contributed by atoms with Gasteiger partial charge in [0, 0.05) is 12.1 Å². The van der Waals surface area contributed by atoms with Crippen LogP contribution in [0.25, 0.3) is 10.8 Å². The van der Waals surface area contributed by atoms with Crippen LogP contribution in [0.4, 0.5) is 28.4 Å². The minimum atomic E-state index is -5.45. The predicted octanol–water partition coefficient (Wildman–Crippen LogP) is -10.0. The summed E-state index contributed by atoms with van der Waals surface area (Å²) in [6, 6.07) is 8.44. The molecule has 0 heterocycles. The zero-order chi connectivity index (χ0) is 44.5. The summed E-state index contributed by atoms with van der Waals surface area (Å²) in [5, 5.41) is 53.3. The fourth-order valence-corrected chi connectivity index (χ4v) is 9.01. The Hall–Kier alpha value is -0.360. The number of anilines is 1. The third-order valence-corrected chi connectivity index (χ3v) is 13.1. The zero-order valence-corrected chi connectivity index (χ0v) is 46.8. The maximum atomic E-state index is 13.0. The van der Waals surface area contributed by atoms with Crippen LogP contribution in [-0.2, 0) is 67.3 Å². The molecule has 0 fully saturated rings. The summed E-state index contributed by atoms with van der Waals surface area (Å²) < 4.78 is 148. The Morgan fingerprint density at radius 3 is 1.86 bits per heavy atom. The molecule has 0 spiro atoms. The van der Waals surface area contributed by atoms with Gasteiger partial charge in [0.1, 0.15) is 43.6 Å². The molecule has 0 amide bonds. The predicted molar refractivity (Wildman–Crippen MR) is 196 cm³/mol. The van der Waals surface area contributed by atoms with E-state index in [1.54, 1.807) is 0 Å². The van der Waals surface area contributed by atoms with Gasteiger partial charge in [0.2, 0.25) is 10.4 Å². The van der Waals surface area contributed by atoms with Crippen LogP contribution in [0, 0.1) is 0 Å². The monoisotopic (exact) mass is 1050 g/mol. The van der Waals surface area contributed by atoms with Gasteiger partial charge >= 0.3 is 118 Å². The molecular formula is C28H25N5Na4O21S6. The van der Waals surface area contributed by atoms with Gasteiger partial charge in [-0.15, -0.1) is 19.7 Å². The Balaban J connectivity index is 0.00000992. The number of phenolic OH excluding ortho intramolecular Hbond substituents is 1. The van der Waals surface area contributed by atoms with E-state index in [9.17, 15) is 58.4 Å². The Kier molecular flexibility index (Phi) is 28.2. The number of sulfone groups is 2. The Morgan fingerprint density at radius 1 is 0.703 bits per heavy atom. The van der Waals surface area contributed by atoms with E-state index >= 15 is 0 Å².